The number of carbonyl (C=O) groups excluding carboxylic acids is 2. The molecular formula is C25H21NO6S. The summed E-state index contributed by atoms with van der Waals surface area (Å²) in [5, 5.41) is 2.83. The van der Waals surface area contributed by atoms with Crippen LogP contribution in [-0.4, -0.2) is 40.4 Å². The van der Waals surface area contributed by atoms with E-state index < -0.39 is 21.5 Å². The molecule has 7 nitrogen and oxygen atoms in total. The molecule has 0 bridgehead atoms. The highest BCUT2D eigenvalue weighted by molar-refractivity contribution is 7.91. The molecule has 0 saturated heterocycles. The summed E-state index contributed by atoms with van der Waals surface area (Å²) in [7, 11) is -0.967. The lowest BCUT2D eigenvalue weighted by atomic mass is 9.95. The van der Waals surface area contributed by atoms with Crippen LogP contribution in [0.15, 0.2) is 64.4 Å². The van der Waals surface area contributed by atoms with E-state index in [0.29, 0.717) is 22.6 Å². The summed E-state index contributed by atoms with van der Waals surface area (Å²) in [4.78, 5) is 25.9. The molecule has 3 aromatic carbocycles. The van der Waals surface area contributed by atoms with Crippen LogP contribution in [0, 0.1) is 0 Å². The van der Waals surface area contributed by atoms with Crippen molar-refractivity contribution >= 4 is 21.5 Å². The van der Waals surface area contributed by atoms with Crippen LogP contribution in [0.1, 0.15) is 39.1 Å². The third kappa shape index (κ3) is 3.47. The van der Waals surface area contributed by atoms with Crippen LogP contribution in [0.25, 0.3) is 11.1 Å². The fourth-order valence-corrected chi connectivity index (χ4v) is 5.75. The number of ether oxygens (including phenoxy) is 2. The van der Waals surface area contributed by atoms with E-state index in [1.807, 2.05) is 0 Å². The SMILES string of the molecule is COc1ccc(-c2ccc3c(c2)S(=O)(=O)c2cccc(C(=O)NC4CC4)c2C3=O)cc1OC. The Labute approximate surface area is 191 Å². The van der Waals surface area contributed by atoms with Gasteiger partial charge in [-0.1, -0.05) is 18.2 Å². The molecule has 2 aliphatic rings. The normalized spacial score (nSPS) is 15.9. The molecule has 1 aliphatic heterocycles. The number of ketones is 1. The third-order valence-corrected chi connectivity index (χ3v) is 7.77. The highest BCUT2D eigenvalue weighted by atomic mass is 32.2. The number of methoxy groups -OCH3 is 2. The van der Waals surface area contributed by atoms with Gasteiger partial charge in [0, 0.05) is 11.6 Å². The van der Waals surface area contributed by atoms with E-state index in [1.54, 1.807) is 24.3 Å². The van der Waals surface area contributed by atoms with Crippen LogP contribution in [0.5, 0.6) is 11.5 Å². The number of carbonyl (C=O) groups is 2. The molecule has 1 fully saturated rings. The van der Waals surface area contributed by atoms with Gasteiger partial charge in [-0.25, -0.2) is 8.42 Å². The molecule has 1 amide bonds. The molecule has 168 valence electrons. The van der Waals surface area contributed by atoms with Crippen molar-refractivity contribution in [1.29, 1.82) is 0 Å². The second-order valence-electron chi connectivity index (χ2n) is 8.04. The molecule has 0 aromatic heterocycles. The molecule has 33 heavy (non-hydrogen) atoms. The van der Waals surface area contributed by atoms with Gasteiger partial charge in [0.05, 0.1) is 35.1 Å². The highest BCUT2D eigenvalue weighted by Crippen LogP contribution is 2.39. The monoisotopic (exact) mass is 463 g/mol. The molecular weight excluding hydrogens is 442 g/mol. The van der Waals surface area contributed by atoms with Crippen molar-refractivity contribution < 1.29 is 27.5 Å². The molecule has 0 spiro atoms. The first-order valence-corrected chi connectivity index (χ1v) is 11.9. The standard InChI is InChI=1S/C25H21NO6S/c1-31-19-11-7-14(12-20(19)32-2)15-6-10-17-22(13-15)33(29,30)21-5-3-4-18(23(21)24(17)27)25(28)26-16-8-9-16/h3-7,10-13,16H,8-9H2,1-2H3,(H,26,28). The Kier molecular flexibility index (Phi) is 4.97. The van der Waals surface area contributed by atoms with Crippen molar-refractivity contribution in [3.05, 3.63) is 71.3 Å². The number of nitrogens with one attached hydrogen (secondary N) is 1. The van der Waals surface area contributed by atoms with Crippen LogP contribution in [0.3, 0.4) is 0 Å². The van der Waals surface area contributed by atoms with Gasteiger partial charge in [0.25, 0.3) is 5.91 Å². The Bertz CT molecular complexity index is 1420. The number of hydrogen-bond donors (Lipinski definition) is 1. The average molecular weight is 464 g/mol. The van der Waals surface area contributed by atoms with Gasteiger partial charge < -0.3 is 14.8 Å². The average Bonchev–Trinajstić information content (AvgIpc) is 3.65. The predicted molar refractivity (Wildman–Crippen MR) is 121 cm³/mol. The molecule has 8 heteroatoms. The van der Waals surface area contributed by atoms with Crippen molar-refractivity contribution in [2.45, 2.75) is 28.7 Å². The Morgan fingerprint density at radius 3 is 2.30 bits per heavy atom. The molecule has 1 heterocycles. The Morgan fingerprint density at radius 1 is 0.909 bits per heavy atom. The summed E-state index contributed by atoms with van der Waals surface area (Å²) in [5.41, 5.74) is 1.39. The van der Waals surface area contributed by atoms with Crippen molar-refractivity contribution in [2.75, 3.05) is 14.2 Å². The second-order valence-corrected chi connectivity index (χ2v) is 9.93. The molecule has 1 saturated carbocycles. The molecule has 1 aliphatic carbocycles. The number of hydrogen-bond acceptors (Lipinski definition) is 6. The minimum absolute atomic E-state index is 0.0541. The first-order valence-electron chi connectivity index (χ1n) is 10.4. The lowest BCUT2D eigenvalue weighted by Crippen LogP contribution is -2.30. The van der Waals surface area contributed by atoms with Gasteiger partial charge in [-0.2, -0.15) is 0 Å². The van der Waals surface area contributed by atoms with Crippen LogP contribution in [0.2, 0.25) is 0 Å². The second kappa shape index (κ2) is 7.74. The van der Waals surface area contributed by atoms with Gasteiger partial charge in [0.15, 0.2) is 17.3 Å². The van der Waals surface area contributed by atoms with E-state index in [-0.39, 0.29) is 32.5 Å². The Hall–Kier alpha value is -3.65. The number of rotatable bonds is 5. The fraction of sp³-hybridized carbons (Fsp3) is 0.200. The van der Waals surface area contributed by atoms with Crippen LogP contribution >= 0.6 is 0 Å². The largest absolute Gasteiger partial charge is 0.493 e. The van der Waals surface area contributed by atoms with Crippen molar-refractivity contribution in [3.63, 3.8) is 0 Å². The zero-order valence-electron chi connectivity index (χ0n) is 18.0. The van der Waals surface area contributed by atoms with Gasteiger partial charge in [-0.05, 0) is 60.4 Å². The van der Waals surface area contributed by atoms with E-state index in [2.05, 4.69) is 5.32 Å². The maximum absolute atomic E-state index is 13.5. The first kappa shape index (κ1) is 21.2. The van der Waals surface area contributed by atoms with Crippen molar-refractivity contribution in [1.82, 2.24) is 5.32 Å². The van der Waals surface area contributed by atoms with Gasteiger partial charge in [0.2, 0.25) is 9.84 Å². The van der Waals surface area contributed by atoms with Crippen LogP contribution < -0.4 is 14.8 Å². The Balaban J connectivity index is 1.63. The fourth-order valence-electron chi connectivity index (χ4n) is 4.05. The molecule has 0 unspecified atom stereocenters. The van der Waals surface area contributed by atoms with Crippen molar-refractivity contribution in [2.24, 2.45) is 0 Å². The maximum Gasteiger partial charge on any atom is 0.252 e. The minimum Gasteiger partial charge on any atom is -0.493 e. The third-order valence-electron chi connectivity index (χ3n) is 5.93. The lowest BCUT2D eigenvalue weighted by Gasteiger charge is -2.22. The minimum atomic E-state index is -4.02. The quantitative estimate of drug-likeness (QED) is 0.485. The summed E-state index contributed by atoms with van der Waals surface area (Å²) in [5.74, 6) is 0.148. The van der Waals surface area contributed by atoms with E-state index in [0.717, 1.165) is 12.8 Å². The van der Waals surface area contributed by atoms with Gasteiger partial charge in [0.1, 0.15) is 0 Å². The number of benzene rings is 3. The maximum atomic E-state index is 13.5. The van der Waals surface area contributed by atoms with E-state index >= 15 is 0 Å². The number of sulfone groups is 1. The molecule has 3 aromatic rings. The summed E-state index contributed by atoms with van der Waals surface area (Å²) in [6, 6.07) is 14.4. The summed E-state index contributed by atoms with van der Waals surface area (Å²) in [6.45, 7) is 0. The summed E-state index contributed by atoms with van der Waals surface area (Å²) >= 11 is 0. The molecule has 0 radical (unpaired) electrons. The molecule has 0 atom stereocenters. The van der Waals surface area contributed by atoms with E-state index in [4.69, 9.17) is 9.47 Å². The predicted octanol–water partition coefficient (Wildman–Crippen LogP) is 3.64. The summed E-state index contributed by atoms with van der Waals surface area (Å²) in [6.07, 6.45) is 1.77. The van der Waals surface area contributed by atoms with Crippen LogP contribution in [-0.2, 0) is 9.84 Å². The highest BCUT2D eigenvalue weighted by Gasteiger charge is 2.38. The van der Waals surface area contributed by atoms with Crippen molar-refractivity contribution in [3.8, 4) is 22.6 Å². The zero-order chi connectivity index (χ0) is 23.3. The van der Waals surface area contributed by atoms with Gasteiger partial charge in [-0.3, -0.25) is 9.59 Å². The van der Waals surface area contributed by atoms with Gasteiger partial charge >= 0.3 is 0 Å². The molecule has 5 rings (SSSR count). The molecule has 1 N–H and O–H groups in total. The Morgan fingerprint density at radius 2 is 1.61 bits per heavy atom. The smallest absolute Gasteiger partial charge is 0.252 e. The van der Waals surface area contributed by atoms with E-state index in [1.165, 1.54) is 44.6 Å². The lowest BCUT2D eigenvalue weighted by molar-refractivity contribution is 0.0938. The first-order chi connectivity index (χ1) is 15.8. The van der Waals surface area contributed by atoms with E-state index in [9.17, 15) is 18.0 Å². The summed E-state index contributed by atoms with van der Waals surface area (Å²) < 4.78 is 37.7. The topological polar surface area (TPSA) is 98.8 Å². The van der Waals surface area contributed by atoms with Gasteiger partial charge in [-0.15, -0.1) is 0 Å². The number of amides is 1. The van der Waals surface area contributed by atoms with Crippen LogP contribution in [0.4, 0.5) is 0 Å². The zero-order valence-corrected chi connectivity index (χ0v) is 18.9. The number of fused-ring (bicyclic) bond motifs is 2.